The fourth-order valence-electron chi connectivity index (χ4n) is 2.87. The average molecular weight is 336 g/mol. The highest BCUT2D eigenvalue weighted by atomic mass is 35.5. The minimum atomic E-state index is -0.699. The van der Waals surface area contributed by atoms with Crippen LogP contribution in [0.2, 0.25) is 5.02 Å². The molecule has 0 amide bonds. The zero-order valence-electron chi connectivity index (χ0n) is 14.6. The maximum absolute atomic E-state index is 9.95. The summed E-state index contributed by atoms with van der Waals surface area (Å²) in [6, 6.07) is 7.86. The summed E-state index contributed by atoms with van der Waals surface area (Å²) in [5.74, 6) is 0. The van der Waals surface area contributed by atoms with E-state index in [4.69, 9.17) is 11.6 Å². The van der Waals surface area contributed by atoms with Gasteiger partial charge < -0.3 is 5.11 Å². The molecule has 2 aromatic rings. The molecule has 4 nitrogen and oxygen atoms in total. The molecule has 0 bridgehead atoms. The maximum Gasteiger partial charge on any atom is 0.0718 e. The Labute approximate surface area is 143 Å². The van der Waals surface area contributed by atoms with Crippen molar-refractivity contribution < 1.29 is 5.11 Å². The number of aryl methyl sites for hydroxylation is 1. The molecule has 23 heavy (non-hydrogen) atoms. The maximum atomic E-state index is 9.95. The van der Waals surface area contributed by atoms with Crippen LogP contribution >= 0.6 is 11.6 Å². The minimum absolute atomic E-state index is 0.619. The fraction of sp³-hybridized carbons (Fsp3) is 0.500. The van der Waals surface area contributed by atoms with Crippen LogP contribution in [0.4, 0.5) is 0 Å². The van der Waals surface area contributed by atoms with E-state index in [9.17, 15) is 5.11 Å². The normalized spacial score (nSPS) is 12.2. The van der Waals surface area contributed by atoms with Gasteiger partial charge in [0.05, 0.1) is 17.8 Å². The Morgan fingerprint density at radius 3 is 2.39 bits per heavy atom. The van der Waals surface area contributed by atoms with E-state index in [-0.39, 0.29) is 0 Å². The van der Waals surface area contributed by atoms with Gasteiger partial charge in [-0.15, -0.1) is 0 Å². The number of rotatable bonds is 6. The molecular formula is C18H26ClN3O. The molecule has 0 spiro atoms. The summed E-state index contributed by atoms with van der Waals surface area (Å²) in [6.07, 6.45) is 0. The van der Waals surface area contributed by atoms with Gasteiger partial charge in [-0.05, 0) is 52.4 Å². The molecule has 1 N–H and O–H groups in total. The fourth-order valence-corrected chi connectivity index (χ4v) is 2.99. The third-order valence-electron chi connectivity index (χ3n) is 3.86. The summed E-state index contributed by atoms with van der Waals surface area (Å²) < 4.78 is 2.03. The van der Waals surface area contributed by atoms with E-state index in [1.165, 1.54) is 16.8 Å². The first kappa shape index (κ1) is 18.0. The largest absolute Gasteiger partial charge is 0.389 e. The second-order valence-corrected chi connectivity index (χ2v) is 7.35. The van der Waals surface area contributed by atoms with Crippen molar-refractivity contribution in [1.82, 2.24) is 14.7 Å². The number of halogens is 1. The molecule has 1 aromatic heterocycles. The summed E-state index contributed by atoms with van der Waals surface area (Å²) in [7, 11) is 2.02. The van der Waals surface area contributed by atoms with Crippen LogP contribution in [-0.4, -0.2) is 39.0 Å². The average Bonchev–Trinajstić information content (AvgIpc) is 2.67. The van der Waals surface area contributed by atoms with Gasteiger partial charge in [-0.2, -0.15) is 5.10 Å². The van der Waals surface area contributed by atoms with Crippen molar-refractivity contribution in [3.63, 3.8) is 0 Å². The number of aliphatic hydroxyl groups is 1. The van der Waals surface area contributed by atoms with Crippen LogP contribution in [0.25, 0.3) is 0 Å². The first-order valence-corrected chi connectivity index (χ1v) is 8.22. The Kier molecular flexibility index (Phi) is 5.50. The topological polar surface area (TPSA) is 41.3 Å². The van der Waals surface area contributed by atoms with Crippen LogP contribution in [-0.2, 0) is 13.1 Å². The van der Waals surface area contributed by atoms with Crippen LogP contribution in [0, 0.1) is 13.8 Å². The quantitative estimate of drug-likeness (QED) is 0.879. The summed E-state index contributed by atoms with van der Waals surface area (Å²) >= 11 is 5.94. The summed E-state index contributed by atoms with van der Waals surface area (Å²) in [5, 5.41) is 15.4. The van der Waals surface area contributed by atoms with Gasteiger partial charge in [0.1, 0.15) is 0 Å². The Morgan fingerprint density at radius 2 is 1.83 bits per heavy atom. The van der Waals surface area contributed by atoms with E-state index >= 15 is 0 Å². The molecule has 0 aliphatic rings. The van der Waals surface area contributed by atoms with E-state index in [0.29, 0.717) is 6.54 Å². The van der Waals surface area contributed by atoms with Crippen LogP contribution < -0.4 is 0 Å². The third-order valence-corrected chi connectivity index (χ3v) is 4.11. The van der Waals surface area contributed by atoms with Gasteiger partial charge in [-0.1, -0.05) is 23.7 Å². The predicted molar refractivity (Wildman–Crippen MR) is 94.9 cm³/mol. The van der Waals surface area contributed by atoms with E-state index in [1.807, 2.05) is 56.8 Å². The van der Waals surface area contributed by atoms with Gasteiger partial charge in [-0.3, -0.25) is 9.58 Å². The molecular weight excluding hydrogens is 310 g/mol. The van der Waals surface area contributed by atoms with Gasteiger partial charge in [0.2, 0.25) is 0 Å². The smallest absolute Gasteiger partial charge is 0.0718 e. The lowest BCUT2D eigenvalue weighted by Gasteiger charge is -2.25. The van der Waals surface area contributed by atoms with Crippen molar-refractivity contribution in [2.24, 2.45) is 0 Å². The Morgan fingerprint density at radius 1 is 1.22 bits per heavy atom. The standard InChI is InChI=1S/C18H26ClN3O/c1-13-17(11-21(5)12-18(3,4)23)14(2)22(20-13)10-15-6-8-16(19)9-7-15/h6-9,23H,10-12H2,1-5H3. The second kappa shape index (κ2) is 7.04. The molecule has 0 aliphatic heterocycles. The van der Waals surface area contributed by atoms with Crippen molar-refractivity contribution in [2.45, 2.75) is 46.4 Å². The van der Waals surface area contributed by atoms with E-state index in [0.717, 1.165) is 23.8 Å². The molecule has 1 heterocycles. The number of benzene rings is 1. The van der Waals surface area contributed by atoms with Crippen LogP contribution in [0.5, 0.6) is 0 Å². The van der Waals surface area contributed by atoms with Crippen LogP contribution in [0.15, 0.2) is 24.3 Å². The highest BCUT2D eigenvalue weighted by molar-refractivity contribution is 6.30. The number of nitrogens with zero attached hydrogens (tertiary/aromatic N) is 3. The van der Waals surface area contributed by atoms with Gasteiger partial charge in [-0.25, -0.2) is 0 Å². The van der Waals surface area contributed by atoms with Crippen molar-refractivity contribution in [2.75, 3.05) is 13.6 Å². The predicted octanol–water partition coefficient (Wildman–Crippen LogP) is 3.40. The van der Waals surface area contributed by atoms with E-state index in [2.05, 4.69) is 16.9 Å². The second-order valence-electron chi connectivity index (χ2n) is 6.92. The third kappa shape index (κ3) is 5.06. The SMILES string of the molecule is Cc1nn(Cc2ccc(Cl)cc2)c(C)c1CN(C)CC(C)(C)O. The van der Waals surface area contributed by atoms with E-state index < -0.39 is 5.60 Å². The van der Waals surface area contributed by atoms with Gasteiger partial charge in [0.15, 0.2) is 0 Å². The van der Waals surface area contributed by atoms with Gasteiger partial charge in [0, 0.05) is 29.4 Å². The Bertz CT molecular complexity index is 656. The summed E-state index contributed by atoms with van der Waals surface area (Å²) in [6.45, 7) is 9.93. The molecule has 5 heteroatoms. The van der Waals surface area contributed by atoms with E-state index in [1.54, 1.807) is 0 Å². The lowest BCUT2D eigenvalue weighted by Crippen LogP contribution is -2.36. The van der Waals surface area contributed by atoms with Crippen LogP contribution in [0.1, 0.15) is 36.4 Å². The summed E-state index contributed by atoms with van der Waals surface area (Å²) in [5.41, 5.74) is 3.91. The first-order valence-electron chi connectivity index (χ1n) is 7.84. The zero-order chi connectivity index (χ0) is 17.2. The molecule has 0 radical (unpaired) electrons. The lowest BCUT2D eigenvalue weighted by molar-refractivity contribution is 0.0423. The zero-order valence-corrected chi connectivity index (χ0v) is 15.4. The monoisotopic (exact) mass is 335 g/mol. The molecule has 0 aliphatic carbocycles. The molecule has 1 aromatic carbocycles. The molecule has 0 unspecified atom stereocenters. The highest BCUT2D eigenvalue weighted by Crippen LogP contribution is 2.18. The van der Waals surface area contributed by atoms with Crippen molar-refractivity contribution in [3.05, 3.63) is 51.8 Å². The van der Waals surface area contributed by atoms with Crippen LogP contribution in [0.3, 0.4) is 0 Å². The van der Waals surface area contributed by atoms with Crippen molar-refractivity contribution >= 4 is 11.6 Å². The van der Waals surface area contributed by atoms with Crippen molar-refractivity contribution in [1.29, 1.82) is 0 Å². The Hall–Kier alpha value is -1.36. The first-order chi connectivity index (χ1) is 10.7. The molecule has 2 rings (SSSR count). The number of aromatic nitrogens is 2. The molecule has 0 fully saturated rings. The molecule has 0 saturated carbocycles. The number of hydrogen-bond donors (Lipinski definition) is 1. The van der Waals surface area contributed by atoms with Gasteiger partial charge in [0.25, 0.3) is 0 Å². The highest BCUT2D eigenvalue weighted by Gasteiger charge is 2.19. The molecule has 0 saturated heterocycles. The van der Waals surface area contributed by atoms with Crippen molar-refractivity contribution in [3.8, 4) is 0 Å². The minimum Gasteiger partial charge on any atom is -0.389 e. The molecule has 0 atom stereocenters. The molecule has 126 valence electrons. The number of hydrogen-bond acceptors (Lipinski definition) is 3. The van der Waals surface area contributed by atoms with Gasteiger partial charge >= 0.3 is 0 Å². The Balaban J connectivity index is 2.14. The lowest BCUT2D eigenvalue weighted by atomic mass is 10.1. The number of likely N-dealkylation sites (N-methyl/N-ethyl adjacent to an activating group) is 1. The summed E-state index contributed by atoms with van der Waals surface area (Å²) in [4.78, 5) is 2.13.